The lowest BCUT2D eigenvalue weighted by Crippen LogP contribution is -2.59. The molecule has 0 spiro atoms. The normalized spacial score (nSPS) is 28.8. The van der Waals surface area contributed by atoms with Crippen LogP contribution in [0.3, 0.4) is 0 Å². The molecule has 3 heteroatoms. The van der Waals surface area contributed by atoms with Crippen molar-refractivity contribution in [1.29, 1.82) is 0 Å². The quantitative estimate of drug-likeness (QED) is 0.776. The number of hydrogen-bond acceptors (Lipinski definition) is 3. The summed E-state index contributed by atoms with van der Waals surface area (Å²) >= 11 is 0. The van der Waals surface area contributed by atoms with Gasteiger partial charge in [0.05, 0.1) is 6.10 Å². The van der Waals surface area contributed by atoms with Gasteiger partial charge in [-0.25, -0.2) is 0 Å². The molecule has 1 aliphatic carbocycles. The third-order valence-electron chi connectivity index (χ3n) is 7.16. The van der Waals surface area contributed by atoms with Gasteiger partial charge in [-0.1, -0.05) is 48.9 Å². The highest BCUT2D eigenvalue weighted by Gasteiger charge is 2.51. The lowest BCUT2D eigenvalue weighted by Gasteiger charge is -2.57. The predicted octanol–water partition coefficient (Wildman–Crippen LogP) is 4.52. The van der Waals surface area contributed by atoms with Crippen LogP contribution >= 0.6 is 0 Å². The van der Waals surface area contributed by atoms with Crippen molar-refractivity contribution in [2.45, 2.75) is 63.0 Å². The first-order chi connectivity index (χ1) is 13.6. The summed E-state index contributed by atoms with van der Waals surface area (Å²) in [6, 6.07) is 19.2. The van der Waals surface area contributed by atoms with E-state index in [0.29, 0.717) is 17.7 Å². The molecule has 4 rings (SSSR count). The molecule has 4 unspecified atom stereocenters. The predicted molar refractivity (Wildman–Crippen MR) is 114 cm³/mol. The fraction of sp³-hybridized carbons (Fsp3) is 0.520. The molecule has 0 radical (unpaired) electrons. The Morgan fingerprint density at radius 2 is 1.93 bits per heavy atom. The van der Waals surface area contributed by atoms with Crippen LogP contribution in [-0.2, 0) is 11.8 Å². The van der Waals surface area contributed by atoms with Crippen LogP contribution in [0, 0.1) is 5.92 Å². The van der Waals surface area contributed by atoms with Crippen LogP contribution in [0.4, 0.5) is 0 Å². The molecule has 1 heterocycles. The molecule has 1 saturated heterocycles. The van der Waals surface area contributed by atoms with Gasteiger partial charge in [-0.05, 0) is 74.8 Å². The van der Waals surface area contributed by atoms with Crippen LogP contribution < -0.4 is 0 Å². The molecule has 2 bridgehead atoms. The highest BCUT2D eigenvalue weighted by atomic mass is 16.3. The molecule has 2 aromatic carbocycles. The number of piperidine rings is 1. The van der Waals surface area contributed by atoms with Gasteiger partial charge in [-0.15, -0.1) is 0 Å². The lowest BCUT2D eigenvalue weighted by atomic mass is 9.55. The first kappa shape index (κ1) is 19.5. The van der Waals surface area contributed by atoms with E-state index in [4.69, 9.17) is 0 Å². The van der Waals surface area contributed by atoms with Crippen molar-refractivity contribution in [3.63, 3.8) is 0 Å². The van der Waals surface area contributed by atoms with Gasteiger partial charge in [0.1, 0.15) is 5.75 Å². The highest BCUT2D eigenvalue weighted by molar-refractivity contribution is 5.35. The number of likely N-dealkylation sites (tertiary alicyclic amines) is 1. The van der Waals surface area contributed by atoms with Crippen LogP contribution in [0.15, 0.2) is 54.6 Å². The minimum Gasteiger partial charge on any atom is -0.508 e. The Kier molecular flexibility index (Phi) is 5.75. The van der Waals surface area contributed by atoms with E-state index in [0.717, 1.165) is 38.8 Å². The zero-order valence-electron chi connectivity index (χ0n) is 16.9. The molecule has 150 valence electrons. The molecule has 0 aromatic heterocycles. The number of benzene rings is 2. The zero-order chi connectivity index (χ0) is 19.6. The third kappa shape index (κ3) is 3.83. The summed E-state index contributed by atoms with van der Waals surface area (Å²) in [5.74, 6) is 0.795. The Morgan fingerprint density at radius 3 is 2.68 bits per heavy atom. The molecule has 4 atom stereocenters. The first-order valence-electron chi connectivity index (χ1n) is 10.8. The molecular weight excluding hydrogens is 346 g/mol. The monoisotopic (exact) mass is 379 g/mol. The summed E-state index contributed by atoms with van der Waals surface area (Å²) in [6.45, 7) is 4.11. The number of fused-ring (bicyclic) bond motifs is 2. The third-order valence-corrected chi connectivity index (χ3v) is 7.16. The summed E-state index contributed by atoms with van der Waals surface area (Å²) in [7, 11) is 0. The average molecular weight is 380 g/mol. The average Bonchev–Trinajstić information content (AvgIpc) is 2.68. The number of aliphatic hydroxyl groups is 1. The molecular formula is C25H33NO2. The number of phenolic OH excluding ortho intramolecular Hbond substituents is 1. The van der Waals surface area contributed by atoms with Crippen molar-refractivity contribution in [2.75, 3.05) is 13.1 Å². The van der Waals surface area contributed by atoms with Gasteiger partial charge in [0.15, 0.2) is 0 Å². The van der Waals surface area contributed by atoms with E-state index >= 15 is 0 Å². The van der Waals surface area contributed by atoms with Gasteiger partial charge < -0.3 is 10.2 Å². The van der Waals surface area contributed by atoms with Crippen molar-refractivity contribution in [1.82, 2.24) is 4.90 Å². The van der Waals surface area contributed by atoms with Gasteiger partial charge >= 0.3 is 0 Å². The topological polar surface area (TPSA) is 43.7 Å². The molecule has 3 nitrogen and oxygen atoms in total. The molecule has 28 heavy (non-hydrogen) atoms. The Bertz CT molecular complexity index is 775. The summed E-state index contributed by atoms with van der Waals surface area (Å²) in [5, 5.41) is 20.4. The SMILES string of the molecule is CC(O)CC1C2CCCC1(c1cccc(O)c1)CCN2CCc1ccccc1. The maximum atomic E-state index is 10.3. The van der Waals surface area contributed by atoms with E-state index in [2.05, 4.69) is 41.3 Å². The van der Waals surface area contributed by atoms with E-state index < -0.39 is 0 Å². The molecule has 2 N–H and O–H groups in total. The molecule has 2 aliphatic rings. The molecule has 2 fully saturated rings. The summed E-state index contributed by atoms with van der Waals surface area (Å²) < 4.78 is 0. The largest absolute Gasteiger partial charge is 0.508 e. The maximum Gasteiger partial charge on any atom is 0.115 e. The standard InChI is InChI=1S/C25H33NO2/c1-19(27)17-23-24-11-6-13-25(23,21-9-5-10-22(28)18-21)14-16-26(24)15-12-20-7-3-2-4-8-20/h2-5,7-10,18-19,23-24,27-28H,6,11-17H2,1H3. The van der Waals surface area contributed by atoms with Crippen molar-refractivity contribution >= 4 is 0 Å². The van der Waals surface area contributed by atoms with Crippen molar-refractivity contribution in [3.05, 3.63) is 65.7 Å². The van der Waals surface area contributed by atoms with E-state index in [1.807, 2.05) is 19.1 Å². The summed E-state index contributed by atoms with van der Waals surface area (Å²) in [4.78, 5) is 2.68. The van der Waals surface area contributed by atoms with Crippen molar-refractivity contribution < 1.29 is 10.2 Å². The number of phenols is 1. The molecule has 0 amide bonds. The highest BCUT2D eigenvalue weighted by Crippen LogP contribution is 2.53. The number of aromatic hydroxyl groups is 1. The Labute approximate surface area is 169 Å². The number of hydrogen-bond donors (Lipinski definition) is 2. The second kappa shape index (κ2) is 8.26. The number of nitrogens with zero attached hydrogens (tertiary/aromatic N) is 1. The second-order valence-corrected chi connectivity index (χ2v) is 8.88. The van der Waals surface area contributed by atoms with Gasteiger partial charge in [0.2, 0.25) is 0 Å². The van der Waals surface area contributed by atoms with Crippen LogP contribution in [0.25, 0.3) is 0 Å². The van der Waals surface area contributed by atoms with Crippen molar-refractivity contribution in [3.8, 4) is 5.75 Å². The Balaban J connectivity index is 1.59. The van der Waals surface area contributed by atoms with Crippen LogP contribution in [-0.4, -0.2) is 40.3 Å². The smallest absolute Gasteiger partial charge is 0.115 e. The van der Waals surface area contributed by atoms with Gasteiger partial charge in [0, 0.05) is 18.0 Å². The lowest BCUT2D eigenvalue weighted by molar-refractivity contribution is -0.0321. The minimum absolute atomic E-state index is 0.0852. The van der Waals surface area contributed by atoms with Gasteiger partial charge in [-0.2, -0.15) is 0 Å². The summed E-state index contributed by atoms with van der Waals surface area (Å²) in [5.41, 5.74) is 2.75. The first-order valence-corrected chi connectivity index (χ1v) is 10.8. The van der Waals surface area contributed by atoms with Crippen LogP contribution in [0.5, 0.6) is 5.75 Å². The minimum atomic E-state index is -0.295. The maximum absolute atomic E-state index is 10.3. The second-order valence-electron chi connectivity index (χ2n) is 8.88. The number of aliphatic hydroxyl groups excluding tert-OH is 1. The van der Waals surface area contributed by atoms with E-state index in [-0.39, 0.29) is 11.5 Å². The van der Waals surface area contributed by atoms with E-state index in [9.17, 15) is 10.2 Å². The Hall–Kier alpha value is -1.84. The molecule has 1 aliphatic heterocycles. The van der Waals surface area contributed by atoms with Crippen LogP contribution in [0.1, 0.15) is 50.2 Å². The zero-order valence-corrected chi connectivity index (χ0v) is 16.9. The molecule has 2 aromatic rings. The van der Waals surface area contributed by atoms with Crippen molar-refractivity contribution in [2.24, 2.45) is 5.92 Å². The number of rotatable bonds is 6. The van der Waals surface area contributed by atoms with E-state index in [1.54, 1.807) is 6.07 Å². The fourth-order valence-electron chi connectivity index (χ4n) is 5.90. The van der Waals surface area contributed by atoms with E-state index in [1.165, 1.54) is 24.0 Å². The van der Waals surface area contributed by atoms with Crippen LogP contribution in [0.2, 0.25) is 0 Å². The van der Waals surface area contributed by atoms with Gasteiger partial charge in [-0.3, -0.25) is 4.90 Å². The fourth-order valence-corrected chi connectivity index (χ4v) is 5.90. The van der Waals surface area contributed by atoms with Gasteiger partial charge in [0.25, 0.3) is 0 Å². The Morgan fingerprint density at radius 1 is 1.11 bits per heavy atom. The summed E-state index contributed by atoms with van der Waals surface area (Å²) in [6.07, 6.45) is 6.33. The molecule has 1 saturated carbocycles.